The first-order valence-corrected chi connectivity index (χ1v) is 12.0. The van der Waals surface area contributed by atoms with Crippen LogP contribution in [0.5, 0.6) is 0 Å². The van der Waals surface area contributed by atoms with E-state index in [-0.39, 0.29) is 6.09 Å². The number of carbonyl (C=O) groups is 1. The van der Waals surface area contributed by atoms with Crippen LogP contribution in [0, 0.1) is 0 Å². The lowest BCUT2D eigenvalue weighted by Crippen LogP contribution is -2.35. The number of amides is 1. The average Bonchev–Trinajstić information content (AvgIpc) is 3.45. The van der Waals surface area contributed by atoms with Gasteiger partial charge in [-0.05, 0) is 57.5 Å². The van der Waals surface area contributed by atoms with Crippen LogP contribution in [0.25, 0.3) is 20.4 Å². The minimum atomic E-state index is -0.473. The predicted molar refractivity (Wildman–Crippen MR) is 128 cm³/mol. The molecule has 1 aliphatic heterocycles. The molecule has 4 heterocycles. The van der Waals surface area contributed by atoms with Crippen molar-refractivity contribution in [3.05, 3.63) is 46.9 Å². The van der Waals surface area contributed by atoms with Gasteiger partial charge in [-0.3, -0.25) is 0 Å². The summed E-state index contributed by atoms with van der Waals surface area (Å²) in [6.07, 6.45) is 2.55. The number of anilines is 2. The van der Waals surface area contributed by atoms with Crippen molar-refractivity contribution in [1.29, 1.82) is 0 Å². The number of ether oxygens (including phenoxy) is 1. The van der Waals surface area contributed by atoms with E-state index in [2.05, 4.69) is 39.6 Å². The van der Waals surface area contributed by atoms with Crippen molar-refractivity contribution in [2.45, 2.75) is 38.7 Å². The zero-order chi connectivity index (χ0) is 21.6. The molecule has 31 heavy (non-hydrogen) atoms. The summed E-state index contributed by atoms with van der Waals surface area (Å²) < 4.78 is 6.72. The van der Waals surface area contributed by atoms with Crippen molar-refractivity contribution in [1.82, 2.24) is 14.9 Å². The molecular formula is C23H24N4O2S2. The minimum absolute atomic E-state index is 0.228. The van der Waals surface area contributed by atoms with Crippen molar-refractivity contribution < 1.29 is 9.53 Å². The summed E-state index contributed by atoms with van der Waals surface area (Å²) in [4.78, 5) is 25.5. The topological polar surface area (TPSA) is 67.3 Å². The summed E-state index contributed by atoms with van der Waals surface area (Å²) in [5.41, 5.74) is 4.43. The van der Waals surface area contributed by atoms with Gasteiger partial charge in [0.05, 0.1) is 21.4 Å². The molecule has 6 nitrogen and oxygen atoms in total. The van der Waals surface area contributed by atoms with Gasteiger partial charge in [0.2, 0.25) is 0 Å². The molecular weight excluding hydrogens is 428 g/mol. The van der Waals surface area contributed by atoms with E-state index in [1.54, 1.807) is 22.7 Å². The van der Waals surface area contributed by atoms with Gasteiger partial charge in [0.1, 0.15) is 10.4 Å². The average molecular weight is 453 g/mol. The van der Waals surface area contributed by atoms with Gasteiger partial charge in [-0.25, -0.2) is 14.8 Å². The molecule has 3 aromatic heterocycles. The fourth-order valence-electron chi connectivity index (χ4n) is 3.84. The summed E-state index contributed by atoms with van der Waals surface area (Å²) in [7, 11) is 0. The zero-order valence-electron chi connectivity index (χ0n) is 17.7. The second-order valence-electron chi connectivity index (χ2n) is 8.80. The third kappa shape index (κ3) is 4.22. The first-order valence-electron chi connectivity index (χ1n) is 10.3. The Morgan fingerprint density at radius 3 is 2.94 bits per heavy atom. The molecule has 1 N–H and O–H groups in total. The Labute approximate surface area is 188 Å². The molecule has 8 heteroatoms. The molecule has 1 amide bonds. The molecule has 1 saturated heterocycles. The number of thiazole rings is 1. The standard InChI is InChI=1S/C23H24N4O2S2/c1-23(2,3)29-22(28)27-9-7-14(12-27)20-11-16-17(6-8-24-21(16)31-20)26-15-4-5-19-18(10-15)25-13-30-19/h4-6,8,10-11,13-14H,7,9,12H2,1-3H3,(H,24,26)/t14-/m0/s1. The third-order valence-corrected chi connectivity index (χ3v) is 7.32. The first kappa shape index (κ1) is 20.2. The number of nitrogens with zero attached hydrogens (tertiary/aromatic N) is 3. The maximum absolute atomic E-state index is 12.4. The highest BCUT2D eigenvalue weighted by Gasteiger charge is 2.31. The largest absolute Gasteiger partial charge is 0.444 e. The van der Waals surface area contributed by atoms with Crippen LogP contribution < -0.4 is 5.32 Å². The summed E-state index contributed by atoms with van der Waals surface area (Å²) in [6.45, 7) is 7.11. The number of aromatic nitrogens is 2. The Hall–Kier alpha value is -2.71. The zero-order valence-corrected chi connectivity index (χ0v) is 19.3. The molecule has 0 saturated carbocycles. The van der Waals surface area contributed by atoms with Crippen LogP contribution >= 0.6 is 22.7 Å². The number of benzene rings is 1. The van der Waals surface area contributed by atoms with Gasteiger partial charge < -0.3 is 15.0 Å². The Kier molecular flexibility index (Phi) is 5.06. The van der Waals surface area contributed by atoms with E-state index in [0.717, 1.165) is 40.1 Å². The van der Waals surface area contributed by atoms with Crippen LogP contribution in [-0.4, -0.2) is 39.7 Å². The Bertz CT molecular complexity index is 1260. The van der Waals surface area contributed by atoms with Crippen LogP contribution in [0.15, 0.2) is 42.0 Å². The van der Waals surface area contributed by atoms with Crippen molar-refractivity contribution in [3.8, 4) is 0 Å². The van der Waals surface area contributed by atoms with E-state index in [4.69, 9.17) is 4.74 Å². The van der Waals surface area contributed by atoms with Gasteiger partial charge in [0.15, 0.2) is 0 Å². The van der Waals surface area contributed by atoms with Gasteiger partial charge in [0, 0.05) is 41.2 Å². The summed E-state index contributed by atoms with van der Waals surface area (Å²) in [5.74, 6) is 0.311. The number of pyridine rings is 1. The summed E-state index contributed by atoms with van der Waals surface area (Å²) in [5, 5.41) is 4.64. The molecule has 1 aromatic carbocycles. The molecule has 160 valence electrons. The number of hydrogen-bond acceptors (Lipinski definition) is 7. The number of likely N-dealkylation sites (tertiary alicyclic amines) is 1. The quantitative estimate of drug-likeness (QED) is 0.391. The van der Waals surface area contributed by atoms with Crippen molar-refractivity contribution in [2.75, 3.05) is 18.4 Å². The molecule has 0 aliphatic carbocycles. The van der Waals surface area contributed by atoms with Gasteiger partial charge in [-0.1, -0.05) is 0 Å². The number of thiophene rings is 1. The highest BCUT2D eigenvalue weighted by atomic mass is 32.1. The van der Waals surface area contributed by atoms with E-state index >= 15 is 0 Å². The van der Waals surface area contributed by atoms with Crippen LogP contribution in [-0.2, 0) is 4.74 Å². The third-order valence-electron chi connectivity index (χ3n) is 5.31. The Morgan fingerprint density at radius 1 is 1.23 bits per heavy atom. The Balaban J connectivity index is 1.36. The normalized spacial score (nSPS) is 16.9. The van der Waals surface area contributed by atoms with Crippen LogP contribution in [0.4, 0.5) is 16.2 Å². The highest BCUT2D eigenvalue weighted by Crippen LogP contribution is 2.38. The number of hydrogen-bond donors (Lipinski definition) is 1. The van der Waals surface area contributed by atoms with Crippen molar-refractivity contribution in [2.24, 2.45) is 0 Å². The van der Waals surface area contributed by atoms with E-state index in [1.165, 1.54) is 9.58 Å². The van der Waals surface area contributed by atoms with Gasteiger partial charge in [-0.15, -0.1) is 22.7 Å². The molecule has 0 radical (unpaired) electrons. The summed E-state index contributed by atoms with van der Waals surface area (Å²) >= 11 is 3.35. The van der Waals surface area contributed by atoms with Gasteiger partial charge in [-0.2, -0.15) is 0 Å². The molecule has 4 aromatic rings. The van der Waals surface area contributed by atoms with E-state index in [1.807, 2.05) is 43.4 Å². The lowest BCUT2D eigenvalue weighted by Gasteiger charge is -2.24. The smallest absolute Gasteiger partial charge is 0.410 e. The fraction of sp³-hybridized carbons (Fsp3) is 0.348. The monoisotopic (exact) mass is 452 g/mol. The molecule has 5 rings (SSSR count). The minimum Gasteiger partial charge on any atom is -0.444 e. The molecule has 0 spiro atoms. The molecule has 0 unspecified atom stereocenters. The molecule has 1 atom stereocenters. The van der Waals surface area contributed by atoms with E-state index in [0.29, 0.717) is 12.5 Å². The first-order chi connectivity index (χ1) is 14.9. The number of fused-ring (bicyclic) bond motifs is 2. The lowest BCUT2D eigenvalue weighted by molar-refractivity contribution is 0.0292. The Morgan fingerprint density at radius 2 is 2.10 bits per heavy atom. The molecule has 1 fully saturated rings. The van der Waals surface area contributed by atoms with E-state index in [9.17, 15) is 4.79 Å². The fourth-order valence-corrected chi connectivity index (χ4v) is 5.65. The number of nitrogens with one attached hydrogen (secondary N) is 1. The maximum Gasteiger partial charge on any atom is 0.410 e. The SMILES string of the molecule is CC(C)(C)OC(=O)N1CC[C@H](c2cc3c(Nc4ccc5scnc5c4)ccnc3s2)C1. The second kappa shape index (κ2) is 7.76. The van der Waals surface area contributed by atoms with Crippen molar-refractivity contribution >= 4 is 60.6 Å². The number of carbonyl (C=O) groups excluding carboxylic acids is 1. The van der Waals surface area contributed by atoms with Crippen LogP contribution in [0.1, 0.15) is 38.0 Å². The molecule has 1 aliphatic rings. The van der Waals surface area contributed by atoms with E-state index < -0.39 is 5.60 Å². The van der Waals surface area contributed by atoms with Crippen molar-refractivity contribution in [3.63, 3.8) is 0 Å². The lowest BCUT2D eigenvalue weighted by atomic mass is 10.1. The van der Waals surface area contributed by atoms with Gasteiger partial charge >= 0.3 is 6.09 Å². The summed E-state index contributed by atoms with van der Waals surface area (Å²) in [6, 6.07) is 10.5. The van der Waals surface area contributed by atoms with Crippen LogP contribution in [0.2, 0.25) is 0 Å². The maximum atomic E-state index is 12.4. The van der Waals surface area contributed by atoms with Crippen LogP contribution in [0.3, 0.4) is 0 Å². The highest BCUT2D eigenvalue weighted by molar-refractivity contribution is 7.18. The second-order valence-corrected chi connectivity index (χ2v) is 10.7. The number of rotatable bonds is 3. The predicted octanol–water partition coefficient (Wildman–Crippen LogP) is 6.37. The molecule has 0 bridgehead atoms. The van der Waals surface area contributed by atoms with Gasteiger partial charge in [0.25, 0.3) is 0 Å².